The van der Waals surface area contributed by atoms with E-state index in [0.29, 0.717) is 6.54 Å². The number of carbonyl (C=O) groups excluding carboxylic acids is 2. The van der Waals surface area contributed by atoms with Gasteiger partial charge in [-0.2, -0.15) is 0 Å². The number of rotatable bonds is 5. The summed E-state index contributed by atoms with van der Waals surface area (Å²) in [5.41, 5.74) is 6.51. The largest absolute Gasteiger partial charge is 0.357 e. The van der Waals surface area contributed by atoms with Crippen LogP contribution in [0.2, 0.25) is 0 Å². The van der Waals surface area contributed by atoms with Crippen molar-refractivity contribution in [3.05, 3.63) is 52.2 Å². The van der Waals surface area contributed by atoms with Crippen LogP contribution in [0.25, 0.3) is 0 Å². The van der Waals surface area contributed by atoms with Crippen molar-refractivity contribution in [2.45, 2.75) is 6.54 Å². The van der Waals surface area contributed by atoms with Crippen molar-refractivity contribution in [1.29, 1.82) is 0 Å². The highest BCUT2D eigenvalue weighted by molar-refractivity contribution is 7.09. The third kappa shape index (κ3) is 4.36. The number of benzene rings is 1. The number of nitrogens with zero attached hydrogens (tertiary/aromatic N) is 1. The normalized spacial score (nSPS) is 9.77. The van der Waals surface area contributed by atoms with E-state index in [1.54, 1.807) is 11.3 Å². The fourth-order valence-corrected chi connectivity index (χ4v) is 2.69. The molecule has 0 fully saturated rings. The number of hydrogen-bond donors (Lipinski definition) is 2. The van der Waals surface area contributed by atoms with Crippen LogP contribution in [0.5, 0.6) is 0 Å². The summed E-state index contributed by atoms with van der Waals surface area (Å²) in [7, 11) is 0. The Morgan fingerprint density at radius 3 is 2.77 bits per heavy atom. The zero-order valence-electron chi connectivity index (χ0n) is 11.8. The van der Waals surface area contributed by atoms with Crippen LogP contribution in [0.15, 0.2) is 41.8 Å². The number of nitrogens with two attached hydrogens (primary N) is 1. The van der Waals surface area contributed by atoms with Crippen LogP contribution in [0.1, 0.15) is 10.4 Å². The number of primary amides is 1. The Morgan fingerprint density at radius 1 is 1.32 bits per heavy atom. The Balaban J connectivity index is 2.22. The minimum absolute atomic E-state index is 0.00879. The van der Waals surface area contributed by atoms with E-state index in [1.807, 2.05) is 46.7 Å². The van der Waals surface area contributed by atoms with Crippen molar-refractivity contribution in [2.24, 2.45) is 5.73 Å². The molecule has 112 valence electrons. The van der Waals surface area contributed by atoms with E-state index in [2.05, 4.69) is 11.2 Å². The van der Waals surface area contributed by atoms with Crippen molar-refractivity contribution in [3.8, 4) is 12.3 Å². The van der Waals surface area contributed by atoms with Gasteiger partial charge in [0.15, 0.2) is 0 Å². The van der Waals surface area contributed by atoms with Crippen molar-refractivity contribution in [3.63, 3.8) is 0 Å². The standard InChI is InChI=1S/C16H15N3O2S/c1-2-12-5-3-6-13(9-12)19(10-14-7-4-8-22-14)11-15(20)18-16(17)21/h1,3-9H,10-11H2,(H3,17,18,20,21). The lowest BCUT2D eigenvalue weighted by atomic mass is 10.2. The Labute approximate surface area is 132 Å². The van der Waals surface area contributed by atoms with Crippen LogP contribution in [0, 0.1) is 12.3 Å². The molecule has 2 aromatic rings. The summed E-state index contributed by atoms with van der Waals surface area (Å²) in [5, 5.41) is 4.04. The van der Waals surface area contributed by atoms with E-state index in [0.717, 1.165) is 16.1 Å². The maximum Gasteiger partial charge on any atom is 0.318 e. The Hall–Kier alpha value is -2.78. The molecule has 3 N–H and O–H groups in total. The Morgan fingerprint density at radius 2 is 2.14 bits per heavy atom. The average molecular weight is 313 g/mol. The van der Waals surface area contributed by atoms with E-state index in [1.165, 1.54) is 0 Å². The first-order chi connectivity index (χ1) is 10.6. The van der Waals surface area contributed by atoms with E-state index in [-0.39, 0.29) is 6.54 Å². The first-order valence-electron chi connectivity index (χ1n) is 6.52. The van der Waals surface area contributed by atoms with Gasteiger partial charge < -0.3 is 10.6 Å². The van der Waals surface area contributed by atoms with Gasteiger partial charge in [-0.25, -0.2) is 4.79 Å². The second-order valence-corrected chi connectivity index (χ2v) is 5.57. The monoisotopic (exact) mass is 313 g/mol. The first-order valence-corrected chi connectivity index (χ1v) is 7.39. The molecule has 0 bridgehead atoms. The molecule has 0 aliphatic rings. The van der Waals surface area contributed by atoms with Gasteiger partial charge in [-0.3, -0.25) is 10.1 Å². The predicted molar refractivity (Wildman–Crippen MR) is 87.5 cm³/mol. The minimum Gasteiger partial charge on any atom is -0.357 e. The summed E-state index contributed by atoms with van der Waals surface area (Å²) >= 11 is 1.59. The van der Waals surface area contributed by atoms with Gasteiger partial charge >= 0.3 is 6.03 Å². The van der Waals surface area contributed by atoms with Gasteiger partial charge in [0.2, 0.25) is 5.91 Å². The maximum absolute atomic E-state index is 11.8. The summed E-state index contributed by atoms with van der Waals surface area (Å²) in [4.78, 5) is 25.6. The first kappa shape index (κ1) is 15.6. The highest BCUT2D eigenvalue weighted by Crippen LogP contribution is 2.20. The van der Waals surface area contributed by atoms with Gasteiger partial charge in [0, 0.05) is 16.1 Å². The van der Waals surface area contributed by atoms with Gasteiger partial charge in [0.25, 0.3) is 0 Å². The summed E-state index contributed by atoms with van der Waals surface area (Å²) in [6, 6.07) is 10.4. The lowest BCUT2D eigenvalue weighted by Crippen LogP contribution is -2.42. The SMILES string of the molecule is C#Cc1cccc(N(CC(=O)NC(N)=O)Cc2cccs2)c1. The third-order valence-electron chi connectivity index (χ3n) is 2.90. The number of anilines is 1. The lowest BCUT2D eigenvalue weighted by Gasteiger charge is -2.23. The molecule has 0 radical (unpaired) electrons. The van der Waals surface area contributed by atoms with Crippen LogP contribution in [0.4, 0.5) is 10.5 Å². The molecule has 0 aliphatic carbocycles. The van der Waals surface area contributed by atoms with Gasteiger partial charge in [0.1, 0.15) is 0 Å². The zero-order valence-corrected chi connectivity index (χ0v) is 12.6. The molecule has 0 atom stereocenters. The number of thiophene rings is 1. The molecular formula is C16H15N3O2S. The second-order valence-electron chi connectivity index (χ2n) is 4.54. The van der Waals surface area contributed by atoms with Crippen LogP contribution in [0.3, 0.4) is 0 Å². The summed E-state index contributed by atoms with van der Waals surface area (Å²) in [5.74, 6) is 2.11. The average Bonchev–Trinajstić information content (AvgIpc) is 2.99. The molecule has 1 aromatic heterocycles. The van der Waals surface area contributed by atoms with Crippen LogP contribution >= 0.6 is 11.3 Å². The minimum atomic E-state index is -0.863. The molecule has 0 unspecified atom stereocenters. The fraction of sp³-hybridized carbons (Fsp3) is 0.125. The van der Waals surface area contributed by atoms with Crippen LogP contribution in [-0.4, -0.2) is 18.5 Å². The van der Waals surface area contributed by atoms with E-state index < -0.39 is 11.9 Å². The molecular weight excluding hydrogens is 298 g/mol. The predicted octanol–water partition coefficient (Wildman–Crippen LogP) is 1.93. The van der Waals surface area contributed by atoms with Crippen molar-refractivity contribution >= 4 is 29.0 Å². The maximum atomic E-state index is 11.8. The number of hydrogen-bond acceptors (Lipinski definition) is 4. The zero-order chi connectivity index (χ0) is 15.9. The van der Waals surface area contributed by atoms with Crippen molar-refractivity contribution < 1.29 is 9.59 Å². The van der Waals surface area contributed by atoms with E-state index >= 15 is 0 Å². The highest BCUT2D eigenvalue weighted by Gasteiger charge is 2.14. The number of carbonyl (C=O) groups is 2. The molecule has 1 heterocycles. The molecule has 22 heavy (non-hydrogen) atoms. The summed E-state index contributed by atoms with van der Waals surface area (Å²) < 4.78 is 0. The number of nitrogens with one attached hydrogen (secondary N) is 1. The van der Waals surface area contributed by atoms with E-state index in [4.69, 9.17) is 12.2 Å². The molecule has 0 spiro atoms. The molecule has 3 amide bonds. The van der Waals surface area contributed by atoms with Gasteiger partial charge in [-0.1, -0.05) is 18.1 Å². The topological polar surface area (TPSA) is 75.4 Å². The molecule has 6 heteroatoms. The Kier molecular flexibility index (Phi) is 5.17. The second kappa shape index (κ2) is 7.29. The van der Waals surface area contributed by atoms with Crippen molar-refractivity contribution in [2.75, 3.05) is 11.4 Å². The lowest BCUT2D eigenvalue weighted by molar-refractivity contribution is -0.118. The number of urea groups is 1. The highest BCUT2D eigenvalue weighted by atomic mass is 32.1. The smallest absolute Gasteiger partial charge is 0.318 e. The summed E-state index contributed by atoms with van der Waals surface area (Å²) in [6.07, 6.45) is 5.42. The third-order valence-corrected chi connectivity index (χ3v) is 3.76. The molecule has 5 nitrogen and oxygen atoms in total. The number of imide groups is 1. The van der Waals surface area contributed by atoms with Crippen LogP contribution in [-0.2, 0) is 11.3 Å². The van der Waals surface area contributed by atoms with Gasteiger partial charge in [-0.15, -0.1) is 17.8 Å². The summed E-state index contributed by atoms with van der Waals surface area (Å²) in [6.45, 7) is 0.548. The molecule has 0 saturated carbocycles. The van der Waals surface area contributed by atoms with Crippen LogP contribution < -0.4 is 16.0 Å². The number of terminal acetylenes is 1. The van der Waals surface area contributed by atoms with Gasteiger partial charge in [0.05, 0.1) is 13.1 Å². The fourth-order valence-electron chi connectivity index (χ4n) is 1.97. The van der Waals surface area contributed by atoms with Gasteiger partial charge in [-0.05, 0) is 29.6 Å². The quantitative estimate of drug-likeness (QED) is 0.828. The molecule has 2 rings (SSSR count). The van der Waals surface area contributed by atoms with E-state index in [9.17, 15) is 9.59 Å². The molecule has 1 aromatic carbocycles. The van der Waals surface area contributed by atoms with Crippen molar-refractivity contribution in [1.82, 2.24) is 5.32 Å². The number of amides is 3. The molecule has 0 saturated heterocycles. The molecule has 0 aliphatic heterocycles. The Bertz CT molecular complexity index is 704.